The molecule has 21 heavy (non-hydrogen) atoms. The van der Waals surface area contributed by atoms with Gasteiger partial charge in [0.1, 0.15) is 0 Å². The largest absolute Gasteiger partial charge is 0.481 e. The van der Waals surface area contributed by atoms with Crippen LogP contribution in [0.4, 0.5) is 0 Å². The van der Waals surface area contributed by atoms with Crippen molar-refractivity contribution in [2.75, 3.05) is 19.6 Å². The first kappa shape index (κ1) is 16.8. The second kappa shape index (κ2) is 8.74. The predicted molar refractivity (Wildman–Crippen MR) is 85.5 cm³/mol. The molecule has 4 nitrogen and oxygen atoms in total. The van der Waals surface area contributed by atoms with Gasteiger partial charge in [-0.25, -0.2) is 0 Å². The molecule has 0 aromatic rings. The third-order valence-corrected chi connectivity index (χ3v) is 5.05. The summed E-state index contributed by atoms with van der Waals surface area (Å²) in [7, 11) is 0. The summed E-state index contributed by atoms with van der Waals surface area (Å²) in [5.74, 6) is 0.0670. The number of carboxylic acids is 1. The summed E-state index contributed by atoms with van der Waals surface area (Å²) in [5.41, 5.74) is 0. The Morgan fingerprint density at radius 1 is 1.24 bits per heavy atom. The lowest BCUT2D eigenvalue weighted by Crippen LogP contribution is -2.51. The predicted octanol–water partition coefficient (Wildman–Crippen LogP) is 2.87. The van der Waals surface area contributed by atoms with E-state index in [0.29, 0.717) is 18.6 Å². The maximum absolute atomic E-state index is 10.8. The van der Waals surface area contributed by atoms with Crippen LogP contribution in [-0.2, 0) is 4.79 Å². The normalized spacial score (nSPS) is 28.0. The molecule has 0 radical (unpaired) electrons. The Balaban J connectivity index is 1.83. The van der Waals surface area contributed by atoms with Gasteiger partial charge < -0.3 is 15.3 Å². The fourth-order valence-corrected chi connectivity index (χ4v) is 3.99. The van der Waals surface area contributed by atoms with Crippen molar-refractivity contribution in [2.24, 2.45) is 5.92 Å². The highest BCUT2D eigenvalue weighted by Gasteiger charge is 2.29. The number of carbonyl (C=O) groups is 1. The highest BCUT2D eigenvalue weighted by atomic mass is 16.4. The van der Waals surface area contributed by atoms with Crippen molar-refractivity contribution in [3.05, 3.63) is 0 Å². The topological polar surface area (TPSA) is 52.6 Å². The number of hydrogen-bond donors (Lipinski definition) is 2. The molecule has 1 aliphatic carbocycles. The molecule has 2 aliphatic rings. The van der Waals surface area contributed by atoms with Gasteiger partial charge in [-0.3, -0.25) is 4.79 Å². The highest BCUT2D eigenvalue weighted by Crippen LogP contribution is 2.25. The molecule has 2 fully saturated rings. The van der Waals surface area contributed by atoms with E-state index in [4.69, 9.17) is 5.11 Å². The summed E-state index contributed by atoms with van der Waals surface area (Å²) in [6.45, 7) is 5.09. The van der Waals surface area contributed by atoms with Crippen LogP contribution in [0.25, 0.3) is 0 Å². The lowest BCUT2D eigenvalue weighted by Gasteiger charge is -2.39. The average molecular weight is 296 g/mol. The molecular weight excluding hydrogens is 264 g/mol. The van der Waals surface area contributed by atoms with Crippen LogP contribution >= 0.6 is 0 Å². The molecule has 1 saturated heterocycles. The zero-order valence-electron chi connectivity index (χ0n) is 13.5. The number of rotatable bonds is 8. The van der Waals surface area contributed by atoms with Crippen LogP contribution < -0.4 is 5.32 Å². The summed E-state index contributed by atoms with van der Waals surface area (Å²) in [5, 5.41) is 12.8. The lowest BCUT2D eigenvalue weighted by atomic mass is 9.89. The summed E-state index contributed by atoms with van der Waals surface area (Å²) in [6, 6.07) is 1.28. The molecule has 0 bridgehead atoms. The van der Waals surface area contributed by atoms with E-state index in [1.54, 1.807) is 0 Å². The molecule has 1 saturated carbocycles. The maximum atomic E-state index is 10.8. The van der Waals surface area contributed by atoms with E-state index < -0.39 is 5.97 Å². The van der Waals surface area contributed by atoms with Crippen molar-refractivity contribution in [3.63, 3.8) is 0 Å². The molecular formula is C17H32N2O2. The van der Waals surface area contributed by atoms with Crippen molar-refractivity contribution in [3.8, 4) is 0 Å². The molecule has 2 atom stereocenters. The van der Waals surface area contributed by atoms with Crippen molar-refractivity contribution in [1.29, 1.82) is 0 Å². The molecule has 1 aliphatic heterocycles. The summed E-state index contributed by atoms with van der Waals surface area (Å²) >= 11 is 0. The molecule has 2 unspecified atom stereocenters. The number of likely N-dealkylation sites (tertiary alicyclic amines) is 1. The van der Waals surface area contributed by atoms with Gasteiger partial charge in [0.05, 0.1) is 6.42 Å². The van der Waals surface area contributed by atoms with Gasteiger partial charge in [-0.1, -0.05) is 32.6 Å². The van der Waals surface area contributed by atoms with Gasteiger partial charge in [0.25, 0.3) is 0 Å². The zero-order chi connectivity index (χ0) is 15.1. The minimum Gasteiger partial charge on any atom is -0.481 e. The van der Waals surface area contributed by atoms with E-state index in [1.165, 1.54) is 51.4 Å². The number of nitrogens with one attached hydrogen (secondary N) is 1. The van der Waals surface area contributed by atoms with Gasteiger partial charge in [0, 0.05) is 31.7 Å². The van der Waals surface area contributed by atoms with Crippen molar-refractivity contribution in [1.82, 2.24) is 10.2 Å². The molecule has 0 spiro atoms. The Hall–Kier alpha value is -0.610. The van der Waals surface area contributed by atoms with Gasteiger partial charge >= 0.3 is 5.97 Å². The van der Waals surface area contributed by atoms with Gasteiger partial charge in [0.2, 0.25) is 0 Å². The number of unbranched alkanes of at least 4 members (excludes halogenated alkanes) is 1. The van der Waals surface area contributed by atoms with Gasteiger partial charge in [0.15, 0.2) is 0 Å². The fraction of sp³-hybridized carbons (Fsp3) is 0.941. The summed E-state index contributed by atoms with van der Waals surface area (Å²) in [4.78, 5) is 13.2. The first-order valence-corrected chi connectivity index (χ1v) is 8.87. The third kappa shape index (κ3) is 5.95. The van der Waals surface area contributed by atoms with E-state index in [-0.39, 0.29) is 6.42 Å². The Labute approximate surface area is 129 Å². The molecule has 4 heteroatoms. The minimum atomic E-state index is -0.675. The van der Waals surface area contributed by atoms with Crippen LogP contribution in [0.1, 0.15) is 64.7 Å². The number of nitrogens with zero attached hydrogens (tertiary/aromatic N) is 1. The van der Waals surface area contributed by atoms with Crippen LogP contribution in [0, 0.1) is 5.92 Å². The monoisotopic (exact) mass is 296 g/mol. The first-order valence-electron chi connectivity index (χ1n) is 8.87. The minimum absolute atomic E-state index is 0.274. The smallest absolute Gasteiger partial charge is 0.304 e. The fourth-order valence-electron chi connectivity index (χ4n) is 3.99. The van der Waals surface area contributed by atoms with Crippen molar-refractivity contribution >= 4 is 5.97 Å². The van der Waals surface area contributed by atoms with Gasteiger partial charge in [-0.05, 0) is 31.6 Å². The third-order valence-electron chi connectivity index (χ3n) is 5.05. The highest BCUT2D eigenvalue weighted by molar-refractivity contribution is 5.66. The van der Waals surface area contributed by atoms with E-state index in [0.717, 1.165) is 19.0 Å². The first-order chi connectivity index (χ1) is 10.2. The van der Waals surface area contributed by atoms with E-state index >= 15 is 0 Å². The maximum Gasteiger partial charge on any atom is 0.304 e. The Kier molecular flexibility index (Phi) is 6.97. The average Bonchev–Trinajstić information content (AvgIpc) is 2.95. The molecule has 0 aromatic carbocycles. The lowest BCUT2D eigenvalue weighted by molar-refractivity contribution is -0.137. The van der Waals surface area contributed by atoms with E-state index in [9.17, 15) is 4.79 Å². The quantitative estimate of drug-likeness (QED) is 0.723. The number of aliphatic carboxylic acids is 1. The zero-order valence-corrected chi connectivity index (χ0v) is 13.5. The van der Waals surface area contributed by atoms with Crippen LogP contribution in [0.15, 0.2) is 0 Å². The molecule has 2 N–H and O–H groups in total. The van der Waals surface area contributed by atoms with Gasteiger partial charge in [-0.2, -0.15) is 0 Å². The van der Waals surface area contributed by atoms with Crippen LogP contribution in [0.3, 0.4) is 0 Å². The molecule has 2 rings (SSSR count). The van der Waals surface area contributed by atoms with Crippen molar-refractivity contribution in [2.45, 2.75) is 76.8 Å². The summed E-state index contributed by atoms with van der Waals surface area (Å²) in [6.07, 6.45) is 10.8. The van der Waals surface area contributed by atoms with Crippen LogP contribution in [0.2, 0.25) is 0 Å². The second-order valence-electron chi connectivity index (χ2n) is 6.99. The van der Waals surface area contributed by atoms with Crippen LogP contribution in [0.5, 0.6) is 0 Å². The number of hydrogen-bond acceptors (Lipinski definition) is 3. The second-order valence-corrected chi connectivity index (χ2v) is 6.99. The van der Waals surface area contributed by atoms with E-state index in [1.807, 2.05) is 0 Å². The van der Waals surface area contributed by atoms with Crippen molar-refractivity contribution < 1.29 is 9.90 Å². The Bertz CT molecular complexity index is 316. The van der Waals surface area contributed by atoms with Crippen LogP contribution in [-0.4, -0.2) is 47.7 Å². The number of carboxylic acid groups (broad SMARTS) is 1. The van der Waals surface area contributed by atoms with Gasteiger partial charge in [-0.15, -0.1) is 0 Å². The van der Waals surface area contributed by atoms with E-state index in [2.05, 4.69) is 17.1 Å². The molecule has 122 valence electrons. The standard InChI is InChI=1S/C17H32N2O2/c1-2-3-6-14-11-16(18-15-7-4-5-8-15)13-19(12-14)10-9-17(20)21/h14-16,18H,2-13H2,1H3,(H,20,21). The molecule has 0 amide bonds. The Morgan fingerprint density at radius 3 is 2.67 bits per heavy atom. The molecule has 0 aromatic heterocycles. The Morgan fingerprint density at radius 2 is 2.00 bits per heavy atom. The number of piperidine rings is 1. The molecule has 1 heterocycles. The summed E-state index contributed by atoms with van der Waals surface area (Å²) < 4.78 is 0. The SMILES string of the molecule is CCCCC1CC(NC2CCCC2)CN(CCC(=O)O)C1.